The minimum atomic E-state index is 0.273. The molecule has 4 nitrogen and oxygen atoms in total. The minimum Gasteiger partial charge on any atom is -0.475 e. The van der Waals surface area contributed by atoms with Crippen molar-refractivity contribution in [2.24, 2.45) is 10.9 Å². The lowest BCUT2D eigenvalue weighted by Crippen LogP contribution is -2.13. The second-order valence-electron chi connectivity index (χ2n) is 6.34. The zero-order valence-electron chi connectivity index (χ0n) is 13.7. The standard InChI is InChI=1S/C18H23N3O/c1-12(2)17-11-22-18(19-17)16-7-5-6-15(9-16)10-21-14(4)8-13(3)20-21/h5-9,12,17H,10-11H2,1-4H3/t17-/m1/s1. The molecule has 0 amide bonds. The van der Waals surface area contributed by atoms with Gasteiger partial charge in [-0.15, -0.1) is 0 Å². The number of aromatic nitrogens is 2. The third-order valence-electron chi connectivity index (χ3n) is 4.05. The Morgan fingerprint density at radius 3 is 2.73 bits per heavy atom. The first-order valence-corrected chi connectivity index (χ1v) is 7.84. The maximum Gasteiger partial charge on any atom is 0.216 e. The van der Waals surface area contributed by atoms with Crippen LogP contribution in [-0.2, 0) is 11.3 Å². The number of aryl methyl sites for hydroxylation is 2. The molecule has 0 saturated carbocycles. The molecule has 1 aromatic heterocycles. The van der Waals surface area contributed by atoms with Gasteiger partial charge in [-0.05, 0) is 43.5 Å². The van der Waals surface area contributed by atoms with Gasteiger partial charge in [0, 0.05) is 11.3 Å². The van der Waals surface area contributed by atoms with Crippen LogP contribution < -0.4 is 0 Å². The molecular weight excluding hydrogens is 274 g/mol. The molecule has 0 aliphatic carbocycles. The van der Waals surface area contributed by atoms with Gasteiger partial charge in [-0.1, -0.05) is 26.0 Å². The average molecular weight is 297 g/mol. The highest BCUT2D eigenvalue weighted by molar-refractivity contribution is 5.95. The van der Waals surface area contributed by atoms with Gasteiger partial charge in [-0.3, -0.25) is 4.68 Å². The predicted octanol–water partition coefficient (Wildman–Crippen LogP) is 3.35. The average Bonchev–Trinajstić information content (AvgIpc) is 3.07. The number of aliphatic imine (C=N–C) groups is 1. The van der Waals surface area contributed by atoms with Gasteiger partial charge < -0.3 is 4.74 Å². The fraction of sp³-hybridized carbons (Fsp3) is 0.444. The summed E-state index contributed by atoms with van der Waals surface area (Å²) in [6.45, 7) is 9.93. The summed E-state index contributed by atoms with van der Waals surface area (Å²) in [5.41, 5.74) is 4.50. The van der Waals surface area contributed by atoms with Gasteiger partial charge in [0.25, 0.3) is 0 Å². The molecule has 0 saturated heterocycles. The molecular formula is C18H23N3O. The highest BCUT2D eigenvalue weighted by Crippen LogP contribution is 2.19. The van der Waals surface area contributed by atoms with E-state index in [0.717, 1.165) is 23.7 Å². The molecule has 0 unspecified atom stereocenters. The Balaban J connectivity index is 1.81. The summed E-state index contributed by atoms with van der Waals surface area (Å²) in [7, 11) is 0. The molecule has 2 heterocycles. The molecule has 1 aromatic carbocycles. The van der Waals surface area contributed by atoms with E-state index in [9.17, 15) is 0 Å². The Kier molecular flexibility index (Phi) is 4.01. The molecule has 1 aliphatic heterocycles. The summed E-state index contributed by atoms with van der Waals surface area (Å²) in [6, 6.07) is 10.8. The Bertz CT molecular complexity index is 700. The van der Waals surface area contributed by atoms with Crippen LogP contribution in [0.2, 0.25) is 0 Å². The lowest BCUT2D eigenvalue weighted by atomic mass is 10.1. The summed E-state index contributed by atoms with van der Waals surface area (Å²) < 4.78 is 7.80. The zero-order chi connectivity index (χ0) is 15.7. The first-order valence-electron chi connectivity index (χ1n) is 7.84. The summed E-state index contributed by atoms with van der Waals surface area (Å²) in [5.74, 6) is 1.28. The van der Waals surface area contributed by atoms with Gasteiger partial charge in [0.15, 0.2) is 0 Å². The van der Waals surface area contributed by atoms with E-state index in [1.807, 2.05) is 11.6 Å². The Hall–Kier alpha value is -2.10. The van der Waals surface area contributed by atoms with E-state index < -0.39 is 0 Å². The van der Waals surface area contributed by atoms with Gasteiger partial charge in [0.1, 0.15) is 6.61 Å². The maximum absolute atomic E-state index is 5.77. The highest BCUT2D eigenvalue weighted by Gasteiger charge is 2.22. The number of ether oxygens (including phenoxy) is 1. The molecule has 0 N–H and O–H groups in total. The van der Waals surface area contributed by atoms with Crippen LogP contribution in [-0.4, -0.2) is 28.3 Å². The molecule has 4 heteroatoms. The first kappa shape index (κ1) is 14.8. The monoisotopic (exact) mass is 297 g/mol. The van der Waals surface area contributed by atoms with E-state index in [-0.39, 0.29) is 6.04 Å². The Morgan fingerprint density at radius 1 is 1.27 bits per heavy atom. The van der Waals surface area contributed by atoms with Crippen molar-refractivity contribution in [3.05, 3.63) is 52.8 Å². The Morgan fingerprint density at radius 2 is 2.09 bits per heavy atom. The SMILES string of the molecule is Cc1cc(C)n(Cc2cccc(C3=N[C@@H](C(C)C)CO3)c2)n1. The van der Waals surface area contributed by atoms with E-state index in [1.54, 1.807) is 0 Å². The minimum absolute atomic E-state index is 0.273. The zero-order valence-corrected chi connectivity index (χ0v) is 13.7. The van der Waals surface area contributed by atoms with Crippen LogP contribution in [0, 0.1) is 19.8 Å². The largest absolute Gasteiger partial charge is 0.475 e. The predicted molar refractivity (Wildman–Crippen MR) is 88.4 cm³/mol. The van der Waals surface area contributed by atoms with Crippen LogP contribution in [0.1, 0.15) is 36.4 Å². The molecule has 116 valence electrons. The number of hydrogen-bond acceptors (Lipinski definition) is 3. The van der Waals surface area contributed by atoms with Gasteiger partial charge in [0.05, 0.1) is 18.3 Å². The fourth-order valence-corrected chi connectivity index (χ4v) is 2.70. The second-order valence-corrected chi connectivity index (χ2v) is 6.34. The van der Waals surface area contributed by atoms with Crippen molar-refractivity contribution in [3.63, 3.8) is 0 Å². The molecule has 2 aromatic rings. The van der Waals surface area contributed by atoms with Crippen molar-refractivity contribution in [3.8, 4) is 0 Å². The topological polar surface area (TPSA) is 39.4 Å². The van der Waals surface area contributed by atoms with Crippen molar-refractivity contribution in [2.45, 2.75) is 40.3 Å². The van der Waals surface area contributed by atoms with Crippen molar-refractivity contribution in [1.29, 1.82) is 0 Å². The van der Waals surface area contributed by atoms with Crippen LogP contribution in [0.15, 0.2) is 35.3 Å². The number of benzene rings is 1. The lowest BCUT2D eigenvalue weighted by Gasteiger charge is -2.07. The number of hydrogen-bond donors (Lipinski definition) is 0. The molecule has 0 spiro atoms. The lowest BCUT2D eigenvalue weighted by molar-refractivity contribution is 0.292. The highest BCUT2D eigenvalue weighted by atomic mass is 16.5. The van der Waals surface area contributed by atoms with E-state index in [0.29, 0.717) is 12.5 Å². The van der Waals surface area contributed by atoms with Crippen LogP contribution in [0.3, 0.4) is 0 Å². The van der Waals surface area contributed by atoms with Crippen molar-refractivity contribution >= 4 is 5.90 Å². The van der Waals surface area contributed by atoms with Gasteiger partial charge in [-0.2, -0.15) is 5.10 Å². The number of nitrogens with zero attached hydrogens (tertiary/aromatic N) is 3. The molecule has 0 fully saturated rings. The fourth-order valence-electron chi connectivity index (χ4n) is 2.70. The van der Waals surface area contributed by atoms with Gasteiger partial charge >= 0.3 is 0 Å². The third-order valence-corrected chi connectivity index (χ3v) is 4.05. The quantitative estimate of drug-likeness (QED) is 0.868. The molecule has 3 rings (SSSR count). The number of rotatable bonds is 4. The van der Waals surface area contributed by atoms with Gasteiger partial charge in [-0.25, -0.2) is 4.99 Å². The maximum atomic E-state index is 5.77. The molecule has 0 bridgehead atoms. The van der Waals surface area contributed by atoms with Crippen LogP contribution >= 0.6 is 0 Å². The molecule has 22 heavy (non-hydrogen) atoms. The smallest absolute Gasteiger partial charge is 0.216 e. The van der Waals surface area contributed by atoms with Crippen LogP contribution in [0.4, 0.5) is 0 Å². The summed E-state index contributed by atoms with van der Waals surface area (Å²) in [5, 5.41) is 4.52. The first-order chi connectivity index (χ1) is 10.5. The van der Waals surface area contributed by atoms with Gasteiger partial charge in [0.2, 0.25) is 5.90 Å². The van der Waals surface area contributed by atoms with Crippen molar-refractivity contribution < 1.29 is 4.74 Å². The third kappa shape index (κ3) is 3.06. The second kappa shape index (κ2) is 5.95. The van der Waals surface area contributed by atoms with E-state index in [1.165, 1.54) is 11.3 Å². The summed E-state index contributed by atoms with van der Waals surface area (Å²) in [6.07, 6.45) is 0. The summed E-state index contributed by atoms with van der Waals surface area (Å²) >= 11 is 0. The molecule has 1 atom stereocenters. The van der Waals surface area contributed by atoms with E-state index in [4.69, 9.17) is 9.73 Å². The molecule has 1 aliphatic rings. The van der Waals surface area contributed by atoms with E-state index in [2.05, 4.69) is 56.2 Å². The molecule has 0 radical (unpaired) electrons. The van der Waals surface area contributed by atoms with E-state index >= 15 is 0 Å². The van der Waals surface area contributed by atoms with Crippen molar-refractivity contribution in [2.75, 3.05) is 6.61 Å². The summed E-state index contributed by atoms with van der Waals surface area (Å²) in [4.78, 5) is 4.70. The Labute approximate surface area is 131 Å². The normalized spacial score (nSPS) is 17.7. The van der Waals surface area contributed by atoms with Crippen LogP contribution in [0.25, 0.3) is 0 Å². The van der Waals surface area contributed by atoms with Crippen molar-refractivity contribution in [1.82, 2.24) is 9.78 Å². The van der Waals surface area contributed by atoms with Crippen LogP contribution in [0.5, 0.6) is 0 Å².